The summed E-state index contributed by atoms with van der Waals surface area (Å²) in [6.07, 6.45) is 2.08. The van der Waals surface area contributed by atoms with Gasteiger partial charge in [-0.05, 0) is 43.0 Å². The lowest BCUT2D eigenvalue weighted by Crippen LogP contribution is -2.34. The number of nitrogens with zero attached hydrogens (tertiary/aromatic N) is 1. The van der Waals surface area contributed by atoms with Gasteiger partial charge in [0, 0.05) is 38.1 Å². The molecule has 2 rings (SSSR count). The van der Waals surface area contributed by atoms with Crippen LogP contribution < -0.4 is 5.73 Å². The largest absolute Gasteiger partial charge is 0.399 e. The minimum absolute atomic E-state index is 0.0569. The van der Waals surface area contributed by atoms with Gasteiger partial charge in [-0.3, -0.25) is 4.79 Å². The van der Waals surface area contributed by atoms with E-state index in [0.29, 0.717) is 17.2 Å². The Kier molecular flexibility index (Phi) is 4.20. The number of ether oxygens (including phenoxy) is 1. The summed E-state index contributed by atoms with van der Waals surface area (Å²) in [6, 6.07) is 7.07. The van der Waals surface area contributed by atoms with Crippen LogP contribution in [0.5, 0.6) is 0 Å². The zero-order chi connectivity index (χ0) is 13.0. The van der Waals surface area contributed by atoms with Gasteiger partial charge in [-0.25, -0.2) is 0 Å². The first-order valence-electron chi connectivity index (χ1n) is 6.35. The van der Waals surface area contributed by atoms with E-state index in [1.807, 2.05) is 7.05 Å². The molecule has 1 aromatic rings. The fraction of sp³-hybridized carbons (Fsp3) is 0.500. The second kappa shape index (κ2) is 5.87. The van der Waals surface area contributed by atoms with Crippen molar-refractivity contribution in [3.63, 3.8) is 0 Å². The predicted molar refractivity (Wildman–Crippen MR) is 71.4 cm³/mol. The van der Waals surface area contributed by atoms with Crippen LogP contribution in [0.1, 0.15) is 23.2 Å². The summed E-state index contributed by atoms with van der Waals surface area (Å²) in [5, 5.41) is 0. The van der Waals surface area contributed by atoms with E-state index in [-0.39, 0.29) is 5.91 Å². The van der Waals surface area contributed by atoms with Crippen molar-refractivity contribution in [2.75, 3.05) is 32.5 Å². The molecule has 0 aliphatic carbocycles. The third kappa shape index (κ3) is 3.23. The first kappa shape index (κ1) is 12.9. The van der Waals surface area contributed by atoms with Crippen LogP contribution in [-0.4, -0.2) is 37.6 Å². The van der Waals surface area contributed by atoms with Crippen LogP contribution in [-0.2, 0) is 4.74 Å². The molecule has 4 heteroatoms. The van der Waals surface area contributed by atoms with Gasteiger partial charge in [0.15, 0.2) is 0 Å². The van der Waals surface area contributed by atoms with Crippen LogP contribution >= 0.6 is 0 Å². The Labute approximate surface area is 108 Å². The number of rotatable bonds is 3. The minimum atomic E-state index is 0.0569. The highest BCUT2D eigenvalue weighted by atomic mass is 16.5. The van der Waals surface area contributed by atoms with Gasteiger partial charge in [0.1, 0.15) is 0 Å². The van der Waals surface area contributed by atoms with Crippen molar-refractivity contribution in [3.05, 3.63) is 29.8 Å². The molecule has 98 valence electrons. The maximum absolute atomic E-state index is 12.2. The van der Waals surface area contributed by atoms with Crippen molar-refractivity contribution >= 4 is 11.6 Å². The van der Waals surface area contributed by atoms with Crippen molar-refractivity contribution in [2.24, 2.45) is 5.92 Å². The van der Waals surface area contributed by atoms with Crippen LogP contribution in [0, 0.1) is 5.92 Å². The summed E-state index contributed by atoms with van der Waals surface area (Å²) in [7, 11) is 1.86. The molecule has 0 spiro atoms. The number of hydrogen-bond donors (Lipinski definition) is 1. The quantitative estimate of drug-likeness (QED) is 0.829. The molecule has 0 radical (unpaired) electrons. The van der Waals surface area contributed by atoms with Crippen LogP contribution in [0.15, 0.2) is 24.3 Å². The molecule has 0 aromatic heterocycles. The van der Waals surface area contributed by atoms with E-state index in [0.717, 1.165) is 32.6 Å². The Hall–Kier alpha value is -1.55. The Morgan fingerprint density at radius 2 is 1.94 bits per heavy atom. The van der Waals surface area contributed by atoms with Gasteiger partial charge in [-0.2, -0.15) is 0 Å². The molecule has 0 atom stereocenters. The summed E-state index contributed by atoms with van der Waals surface area (Å²) in [4.78, 5) is 14.0. The van der Waals surface area contributed by atoms with E-state index in [1.54, 1.807) is 29.2 Å². The minimum Gasteiger partial charge on any atom is -0.399 e. The third-order valence-electron chi connectivity index (χ3n) is 3.38. The van der Waals surface area contributed by atoms with Gasteiger partial charge >= 0.3 is 0 Å². The van der Waals surface area contributed by atoms with E-state index in [1.165, 1.54) is 0 Å². The van der Waals surface area contributed by atoms with Crippen molar-refractivity contribution in [3.8, 4) is 0 Å². The molecular weight excluding hydrogens is 228 g/mol. The SMILES string of the molecule is CN(CC1CCOCC1)C(=O)c1ccc(N)cc1. The normalized spacial score (nSPS) is 16.5. The Bertz CT molecular complexity index is 397. The molecule has 18 heavy (non-hydrogen) atoms. The lowest BCUT2D eigenvalue weighted by molar-refractivity contribution is 0.0497. The molecule has 0 bridgehead atoms. The molecule has 1 aliphatic rings. The van der Waals surface area contributed by atoms with Gasteiger partial charge in [-0.1, -0.05) is 0 Å². The molecule has 0 unspecified atom stereocenters. The van der Waals surface area contributed by atoms with Crippen LogP contribution in [0.4, 0.5) is 5.69 Å². The molecule has 1 fully saturated rings. The highest BCUT2D eigenvalue weighted by Gasteiger charge is 2.19. The lowest BCUT2D eigenvalue weighted by atomic mass is 9.99. The Balaban J connectivity index is 1.93. The van der Waals surface area contributed by atoms with Crippen molar-refractivity contribution in [1.82, 2.24) is 4.90 Å². The highest BCUT2D eigenvalue weighted by molar-refractivity contribution is 5.94. The lowest BCUT2D eigenvalue weighted by Gasteiger charge is -2.27. The number of anilines is 1. The molecule has 1 heterocycles. The fourth-order valence-electron chi connectivity index (χ4n) is 2.25. The van der Waals surface area contributed by atoms with Gasteiger partial charge < -0.3 is 15.4 Å². The monoisotopic (exact) mass is 248 g/mol. The average molecular weight is 248 g/mol. The van der Waals surface area contributed by atoms with Crippen molar-refractivity contribution < 1.29 is 9.53 Å². The van der Waals surface area contributed by atoms with Crippen molar-refractivity contribution in [1.29, 1.82) is 0 Å². The molecule has 0 saturated carbocycles. The smallest absolute Gasteiger partial charge is 0.253 e. The van der Waals surface area contributed by atoms with Gasteiger partial charge in [0.25, 0.3) is 5.91 Å². The predicted octanol–water partition coefficient (Wildman–Crippen LogP) is 1.77. The van der Waals surface area contributed by atoms with Crippen LogP contribution in [0.3, 0.4) is 0 Å². The maximum Gasteiger partial charge on any atom is 0.253 e. The topological polar surface area (TPSA) is 55.6 Å². The van der Waals surface area contributed by atoms with E-state index < -0.39 is 0 Å². The van der Waals surface area contributed by atoms with Gasteiger partial charge in [0.05, 0.1) is 0 Å². The van der Waals surface area contributed by atoms with Crippen molar-refractivity contribution in [2.45, 2.75) is 12.8 Å². The van der Waals surface area contributed by atoms with Gasteiger partial charge in [-0.15, -0.1) is 0 Å². The highest BCUT2D eigenvalue weighted by Crippen LogP contribution is 2.17. The van der Waals surface area contributed by atoms with E-state index in [9.17, 15) is 4.79 Å². The molecule has 4 nitrogen and oxygen atoms in total. The second-order valence-electron chi connectivity index (χ2n) is 4.86. The number of hydrogen-bond acceptors (Lipinski definition) is 3. The zero-order valence-electron chi connectivity index (χ0n) is 10.8. The number of carbonyl (C=O) groups is 1. The first-order chi connectivity index (χ1) is 8.66. The third-order valence-corrected chi connectivity index (χ3v) is 3.38. The number of amides is 1. The Morgan fingerprint density at radius 1 is 1.33 bits per heavy atom. The summed E-state index contributed by atoms with van der Waals surface area (Å²) in [5.74, 6) is 0.614. The summed E-state index contributed by atoms with van der Waals surface area (Å²) >= 11 is 0. The molecule has 1 aromatic carbocycles. The molecule has 1 saturated heterocycles. The average Bonchev–Trinajstić information content (AvgIpc) is 2.40. The number of benzene rings is 1. The molecule has 1 aliphatic heterocycles. The number of carbonyl (C=O) groups excluding carboxylic acids is 1. The standard InChI is InChI=1S/C14H20N2O2/c1-16(10-11-6-8-18-9-7-11)14(17)12-2-4-13(15)5-3-12/h2-5,11H,6-10,15H2,1H3. The second-order valence-corrected chi connectivity index (χ2v) is 4.86. The first-order valence-corrected chi connectivity index (χ1v) is 6.35. The molecule has 2 N–H and O–H groups in total. The fourth-order valence-corrected chi connectivity index (χ4v) is 2.25. The molecular formula is C14H20N2O2. The maximum atomic E-state index is 12.2. The van der Waals surface area contributed by atoms with E-state index in [4.69, 9.17) is 10.5 Å². The number of nitrogens with two attached hydrogens (primary N) is 1. The summed E-state index contributed by atoms with van der Waals surface area (Å²) in [6.45, 7) is 2.43. The van der Waals surface area contributed by atoms with Crippen LogP contribution in [0.25, 0.3) is 0 Å². The molecule has 1 amide bonds. The number of nitrogen functional groups attached to an aromatic ring is 1. The summed E-state index contributed by atoms with van der Waals surface area (Å²) in [5.41, 5.74) is 6.99. The van der Waals surface area contributed by atoms with E-state index >= 15 is 0 Å². The van der Waals surface area contributed by atoms with Gasteiger partial charge in [0.2, 0.25) is 0 Å². The Morgan fingerprint density at radius 3 is 2.56 bits per heavy atom. The van der Waals surface area contributed by atoms with Crippen LogP contribution in [0.2, 0.25) is 0 Å². The summed E-state index contributed by atoms with van der Waals surface area (Å²) < 4.78 is 5.32. The van der Waals surface area contributed by atoms with E-state index in [2.05, 4.69) is 0 Å². The zero-order valence-corrected chi connectivity index (χ0v) is 10.8.